The van der Waals surface area contributed by atoms with Crippen molar-refractivity contribution in [2.45, 2.75) is 58.1 Å². The highest BCUT2D eigenvalue weighted by atomic mass is 16.5. The Morgan fingerprint density at radius 2 is 1.78 bits per heavy atom. The zero-order chi connectivity index (χ0) is 27.3. The summed E-state index contributed by atoms with van der Waals surface area (Å²) < 4.78 is 5.19. The van der Waals surface area contributed by atoms with Crippen molar-refractivity contribution in [2.24, 2.45) is 0 Å². The number of aryl methyl sites for hydroxylation is 1. The summed E-state index contributed by atoms with van der Waals surface area (Å²) in [5, 5.41) is 44.5. The molecule has 2 amide bonds. The second-order valence-electron chi connectivity index (χ2n) is 8.73. The van der Waals surface area contributed by atoms with E-state index in [1.165, 1.54) is 26.2 Å². The van der Waals surface area contributed by atoms with E-state index < -0.39 is 54.9 Å². The fourth-order valence-corrected chi connectivity index (χ4v) is 4.77. The molecule has 0 aliphatic heterocycles. The number of nitrogens with one attached hydrogen (secondary N) is 2. The van der Waals surface area contributed by atoms with E-state index in [-0.39, 0.29) is 18.8 Å². The minimum absolute atomic E-state index is 0.0432. The number of hydrogen-bond acceptors (Lipinski definition) is 8. The molecular formula is C26H30N2O9. The van der Waals surface area contributed by atoms with Gasteiger partial charge in [0.1, 0.15) is 6.04 Å². The average Bonchev–Trinajstić information content (AvgIpc) is 3.10. The van der Waals surface area contributed by atoms with Crippen LogP contribution in [0, 0.1) is 0 Å². The molecule has 2 aromatic rings. The molecule has 0 aromatic heterocycles. The van der Waals surface area contributed by atoms with Crippen molar-refractivity contribution in [3.8, 4) is 16.9 Å². The number of methoxy groups -OCH3 is 1. The lowest BCUT2D eigenvalue weighted by atomic mass is 9.87. The highest BCUT2D eigenvalue weighted by Gasteiger charge is 2.30. The quantitative estimate of drug-likeness (QED) is 0.274. The van der Waals surface area contributed by atoms with Crippen LogP contribution in [-0.2, 0) is 40.6 Å². The molecule has 2 aromatic carbocycles. The predicted molar refractivity (Wildman–Crippen MR) is 132 cm³/mol. The van der Waals surface area contributed by atoms with Crippen molar-refractivity contribution >= 4 is 17.8 Å². The van der Waals surface area contributed by atoms with E-state index in [0.29, 0.717) is 39.8 Å². The summed E-state index contributed by atoms with van der Waals surface area (Å²) >= 11 is 0. The van der Waals surface area contributed by atoms with Gasteiger partial charge in [-0.2, -0.15) is 0 Å². The Hall–Kier alpha value is -3.80. The number of carbonyl (C=O) groups is 3. The second-order valence-corrected chi connectivity index (χ2v) is 8.73. The Morgan fingerprint density at radius 3 is 2.35 bits per heavy atom. The maximum atomic E-state index is 13.1. The molecule has 11 nitrogen and oxygen atoms in total. The zero-order valence-corrected chi connectivity index (χ0v) is 20.5. The van der Waals surface area contributed by atoms with E-state index in [1.807, 2.05) is 0 Å². The van der Waals surface area contributed by atoms with Crippen LogP contribution in [0.4, 0.5) is 0 Å². The molecule has 11 heteroatoms. The van der Waals surface area contributed by atoms with Crippen LogP contribution in [0.1, 0.15) is 53.6 Å². The highest BCUT2D eigenvalue weighted by molar-refractivity contribution is 5.90. The van der Waals surface area contributed by atoms with Crippen LogP contribution in [0.5, 0.6) is 5.75 Å². The van der Waals surface area contributed by atoms with E-state index in [0.717, 1.165) is 5.56 Å². The molecule has 1 aliphatic carbocycles. The van der Waals surface area contributed by atoms with Crippen LogP contribution in [0.15, 0.2) is 29.1 Å². The smallest absolute Gasteiger partial charge is 0.305 e. The molecule has 0 spiro atoms. The molecule has 0 heterocycles. The Balaban J connectivity index is 2.23. The number of aliphatic carboxylic acids is 1. The van der Waals surface area contributed by atoms with Crippen molar-refractivity contribution in [3.63, 3.8) is 0 Å². The first kappa shape index (κ1) is 27.8. The number of carbonyl (C=O) groups excluding carboxylic acids is 2. The summed E-state index contributed by atoms with van der Waals surface area (Å²) in [5.74, 6) is -2.54. The molecule has 0 unspecified atom stereocenters. The van der Waals surface area contributed by atoms with Gasteiger partial charge in [-0.15, -0.1) is 0 Å². The van der Waals surface area contributed by atoms with Gasteiger partial charge in [-0.05, 0) is 63.9 Å². The zero-order valence-electron chi connectivity index (χ0n) is 20.5. The van der Waals surface area contributed by atoms with Gasteiger partial charge in [0.15, 0.2) is 5.75 Å². The summed E-state index contributed by atoms with van der Waals surface area (Å²) in [6, 6.07) is 4.03. The number of carboxylic acids is 1. The maximum absolute atomic E-state index is 13.1. The minimum atomic E-state index is -1.34. The fourth-order valence-electron chi connectivity index (χ4n) is 4.77. The van der Waals surface area contributed by atoms with Gasteiger partial charge in [0.05, 0.1) is 39.4 Å². The number of rotatable bonds is 9. The van der Waals surface area contributed by atoms with E-state index in [2.05, 4.69) is 10.6 Å². The molecule has 198 valence electrons. The van der Waals surface area contributed by atoms with Crippen molar-refractivity contribution in [2.75, 3.05) is 7.11 Å². The summed E-state index contributed by atoms with van der Waals surface area (Å²) in [5.41, 5.74) is 2.92. The van der Waals surface area contributed by atoms with Gasteiger partial charge < -0.3 is 35.8 Å². The third-order valence-corrected chi connectivity index (χ3v) is 6.41. The summed E-state index contributed by atoms with van der Waals surface area (Å²) in [6.07, 6.45) is 0.00775. The Kier molecular flexibility index (Phi) is 8.98. The Morgan fingerprint density at radius 1 is 1.08 bits per heavy atom. The molecule has 0 fully saturated rings. The molecule has 0 bridgehead atoms. The Bertz CT molecular complexity index is 1260. The van der Waals surface area contributed by atoms with E-state index in [4.69, 9.17) is 4.74 Å². The predicted octanol–water partition coefficient (Wildman–Crippen LogP) is 0.282. The number of carboxylic acid groups (broad SMARTS) is 1. The van der Waals surface area contributed by atoms with Crippen LogP contribution < -0.4 is 20.8 Å². The van der Waals surface area contributed by atoms with Gasteiger partial charge >= 0.3 is 5.97 Å². The van der Waals surface area contributed by atoms with E-state index in [9.17, 15) is 39.6 Å². The van der Waals surface area contributed by atoms with E-state index >= 15 is 0 Å². The number of aliphatic hydroxyl groups excluding tert-OH is 3. The summed E-state index contributed by atoms with van der Waals surface area (Å²) in [6.45, 7) is -0.0789. The van der Waals surface area contributed by atoms with Gasteiger partial charge in [0.2, 0.25) is 17.2 Å². The fraction of sp³-hybridized carbons (Fsp3) is 0.385. The maximum Gasteiger partial charge on any atom is 0.305 e. The van der Waals surface area contributed by atoms with Crippen molar-refractivity contribution in [1.29, 1.82) is 0 Å². The average molecular weight is 515 g/mol. The van der Waals surface area contributed by atoms with Crippen molar-refractivity contribution < 1.29 is 39.5 Å². The Labute approximate surface area is 212 Å². The number of aliphatic hydroxyl groups is 3. The topological polar surface area (TPSA) is 182 Å². The van der Waals surface area contributed by atoms with Crippen LogP contribution in [0.25, 0.3) is 11.1 Å². The monoisotopic (exact) mass is 514 g/mol. The van der Waals surface area contributed by atoms with Gasteiger partial charge in [0.25, 0.3) is 0 Å². The third-order valence-electron chi connectivity index (χ3n) is 6.41. The van der Waals surface area contributed by atoms with Crippen LogP contribution >= 0.6 is 0 Å². The summed E-state index contributed by atoms with van der Waals surface area (Å²) in [4.78, 5) is 48.8. The van der Waals surface area contributed by atoms with Crippen LogP contribution in [-0.4, -0.2) is 51.4 Å². The van der Waals surface area contributed by atoms with E-state index in [1.54, 1.807) is 12.1 Å². The van der Waals surface area contributed by atoms with Crippen LogP contribution in [0.3, 0.4) is 0 Å². The lowest BCUT2D eigenvalue weighted by Gasteiger charge is -2.23. The minimum Gasteiger partial charge on any atom is -0.493 e. The lowest BCUT2D eigenvalue weighted by molar-refractivity contribution is -0.140. The lowest BCUT2D eigenvalue weighted by Crippen LogP contribution is -2.48. The number of fused-ring (bicyclic) bond motifs is 3. The first-order chi connectivity index (χ1) is 17.6. The SMILES string of the molecule is COc1ccc2c(cc1=O)[C@@H](NC(=O)[C@H](CC(=O)O)NC(C)=O)CCc1cc(CO)c(CO)c(CO)c1-2. The molecule has 37 heavy (non-hydrogen) atoms. The first-order valence-corrected chi connectivity index (χ1v) is 11.7. The molecule has 3 rings (SSSR count). The molecule has 2 atom stereocenters. The second kappa shape index (κ2) is 12.0. The van der Waals surface area contributed by atoms with Crippen molar-refractivity contribution in [1.82, 2.24) is 10.6 Å². The molecule has 0 saturated carbocycles. The van der Waals surface area contributed by atoms with Crippen molar-refractivity contribution in [3.05, 3.63) is 62.3 Å². The number of ether oxygens (including phenoxy) is 1. The number of amides is 2. The molecule has 6 N–H and O–H groups in total. The number of hydrogen-bond donors (Lipinski definition) is 6. The molecule has 0 saturated heterocycles. The normalized spacial score (nSPS) is 15.0. The van der Waals surface area contributed by atoms with Gasteiger partial charge in [-0.25, -0.2) is 0 Å². The highest BCUT2D eigenvalue weighted by Crippen LogP contribution is 2.41. The van der Waals surface area contributed by atoms with Gasteiger partial charge in [-0.1, -0.05) is 12.1 Å². The molecular weight excluding hydrogens is 484 g/mol. The summed E-state index contributed by atoms with van der Waals surface area (Å²) in [7, 11) is 1.34. The standard InChI is InChI=1S/C26H30N2O9/c1-13(32)27-21(9-24(34)35)26(36)28-20-5-3-14-7-15(10-29)18(11-30)19(12-31)25(14)16-4-6-23(37-2)22(33)8-17(16)20/h4,6-8,20-21,29-31H,3,5,9-12H2,1-2H3,(H,27,32)(H,28,36)(H,34,35)/t20-,21-/m0/s1. The number of benzene rings is 1. The van der Waals surface area contributed by atoms with Gasteiger partial charge in [0, 0.05) is 6.92 Å². The first-order valence-electron chi connectivity index (χ1n) is 11.7. The third kappa shape index (κ3) is 5.96. The van der Waals surface area contributed by atoms with Gasteiger partial charge in [-0.3, -0.25) is 19.2 Å². The molecule has 1 aliphatic rings. The largest absolute Gasteiger partial charge is 0.493 e. The van der Waals surface area contributed by atoms with Crippen LogP contribution in [0.2, 0.25) is 0 Å². The molecule has 0 radical (unpaired) electrons.